The monoisotopic (exact) mass is 424 g/mol. The molecule has 0 N–H and O–H groups in total. The predicted molar refractivity (Wildman–Crippen MR) is 117 cm³/mol. The Morgan fingerprint density at radius 1 is 1.14 bits per heavy atom. The minimum Gasteiger partial charge on any atom is -0.458 e. The van der Waals surface area contributed by atoms with E-state index in [9.17, 15) is 9.59 Å². The zero-order chi connectivity index (χ0) is 22.1. The Balaban J connectivity index is 2.25. The summed E-state index contributed by atoms with van der Waals surface area (Å²) in [4.78, 5) is 22.7. The van der Waals surface area contributed by atoms with Gasteiger partial charge >= 0.3 is 5.97 Å². The zero-order valence-electron chi connectivity index (χ0n) is 19.6. The van der Waals surface area contributed by atoms with Crippen molar-refractivity contribution in [2.75, 3.05) is 0 Å². The van der Waals surface area contributed by atoms with E-state index in [-0.39, 0.29) is 28.7 Å². The number of allylic oxidation sites excluding steroid dienone is 1. The van der Waals surface area contributed by atoms with E-state index in [1.807, 2.05) is 6.92 Å². The Morgan fingerprint density at radius 3 is 2.17 bits per heavy atom. The number of carbonyl (C=O) groups is 2. The molecule has 1 aliphatic carbocycles. The highest BCUT2D eigenvalue weighted by molar-refractivity contribution is 6.73. The molecule has 166 valence electrons. The van der Waals surface area contributed by atoms with Crippen molar-refractivity contribution in [3.63, 3.8) is 0 Å². The molecule has 2 rings (SSSR count). The van der Waals surface area contributed by atoms with Gasteiger partial charge in [0.1, 0.15) is 18.0 Å². The maximum absolute atomic E-state index is 11.7. The van der Waals surface area contributed by atoms with Crippen LogP contribution in [-0.2, 0) is 23.5 Å². The van der Waals surface area contributed by atoms with Crippen LogP contribution in [0.25, 0.3) is 0 Å². The molecule has 2 fully saturated rings. The van der Waals surface area contributed by atoms with Gasteiger partial charge in [0, 0.05) is 25.9 Å². The summed E-state index contributed by atoms with van der Waals surface area (Å²) in [5.41, 5.74) is -0.0487. The van der Waals surface area contributed by atoms with Gasteiger partial charge in [0.15, 0.2) is 8.32 Å². The normalized spacial score (nSPS) is 32.3. The highest BCUT2D eigenvalue weighted by atomic mass is 28.4. The summed E-state index contributed by atoms with van der Waals surface area (Å²) in [6.45, 7) is 16.7. The molecule has 0 spiro atoms. The van der Waals surface area contributed by atoms with Gasteiger partial charge in [-0.15, -0.1) is 0 Å². The van der Waals surface area contributed by atoms with Crippen LogP contribution in [0.3, 0.4) is 0 Å². The molecule has 2 aliphatic rings. The van der Waals surface area contributed by atoms with Crippen LogP contribution in [0.4, 0.5) is 0 Å². The predicted octanol–water partition coefficient (Wildman–Crippen LogP) is 5.19. The topological polar surface area (TPSA) is 65.1 Å². The summed E-state index contributed by atoms with van der Waals surface area (Å²) >= 11 is 0. The van der Waals surface area contributed by atoms with Gasteiger partial charge in [-0.3, -0.25) is 9.59 Å². The number of epoxide rings is 1. The van der Waals surface area contributed by atoms with Gasteiger partial charge in [-0.25, -0.2) is 0 Å². The van der Waals surface area contributed by atoms with Gasteiger partial charge in [-0.2, -0.15) is 0 Å². The molecule has 0 amide bonds. The van der Waals surface area contributed by atoms with E-state index < -0.39 is 14.4 Å². The van der Waals surface area contributed by atoms with E-state index in [4.69, 9.17) is 13.9 Å². The van der Waals surface area contributed by atoms with Crippen LogP contribution in [0.15, 0.2) is 11.6 Å². The van der Waals surface area contributed by atoms with Crippen molar-refractivity contribution in [3.8, 4) is 0 Å². The van der Waals surface area contributed by atoms with Crippen molar-refractivity contribution in [2.24, 2.45) is 5.41 Å². The summed E-state index contributed by atoms with van der Waals surface area (Å²) in [6, 6.07) is 3.43. The molecular weight excluding hydrogens is 384 g/mol. The lowest BCUT2D eigenvalue weighted by Gasteiger charge is -2.45. The molecule has 29 heavy (non-hydrogen) atoms. The summed E-state index contributed by atoms with van der Waals surface area (Å²) in [5.74, 6) is -0.341. The van der Waals surface area contributed by atoms with Crippen molar-refractivity contribution in [3.05, 3.63) is 11.6 Å². The average Bonchev–Trinajstić information content (AvgIpc) is 3.24. The molecule has 1 aliphatic heterocycles. The van der Waals surface area contributed by atoms with Crippen molar-refractivity contribution < 1.29 is 23.5 Å². The van der Waals surface area contributed by atoms with E-state index in [0.717, 1.165) is 42.8 Å². The van der Waals surface area contributed by atoms with Crippen molar-refractivity contribution in [1.29, 1.82) is 0 Å². The second kappa shape index (κ2) is 8.64. The summed E-state index contributed by atoms with van der Waals surface area (Å²) in [6.07, 6.45) is 4.35. The minimum atomic E-state index is -1.69. The maximum atomic E-state index is 11.7. The molecule has 1 saturated carbocycles. The zero-order valence-corrected chi connectivity index (χ0v) is 20.6. The number of fused-ring (bicyclic) bond motifs is 1. The number of hydrogen-bond acceptors (Lipinski definition) is 5. The highest BCUT2D eigenvalue weighted by Crippen LogP contribution is 2.68. The Morgan fingerprint density at radius 2 is 1.72 bits per heavy atom. The first kappa shape index (κ1) is 24.3. The van der Waals surface area contributed by atoms with Crippen LogP contribution >= 0.6 is 0 Å². The van der Waals surface area contributed by atoms with E-state index in [1.165, 1.54) is 13.0 Å². The molecule has 4 atom stereocenters. The first-order chi connectivity index (χ1) is 13.4. The second-order valence-electron chi connectivity index (χ2n) is 9.78. The Bertz CT molecular complexity index is 645. The van der Waals surface area contributed by atoms with E-state index in [1.54, 1.807) is 0 Å². The molecule has 0 aromatic rings. The quantitative estimate of drug-likeness (QED) is 0.159. The SMILES string of the molecule is CC[Si](CC)(CC)O[C@H]1CC(C)(C)[C@]2(CC(OC(C)=O)/C(C)=C/C=O)O[C@]2(C)C1. The van der Waals surface area contributed by atoms with Crippen molar-refractivity contribution in [1.82, 2.24) is 0 Å². The van der Waals surface area contributed by atoms with E-state index in [2.05, 4.69) is 41.5 Å². The molecule has 5 nitrogen and oxygen atoms in total. The lowest BCUT2D eigenvalue weighted by atomic mass is 9.61. The Labute approximate surface area is 177 Å². The third kappa shape index (κ3) is 4.54. The van der Waals surface area contributed by atoms with Gasteiger partial charge in [0.25, 0.3) is 0 Å². The fraction of sp³-hybridized carbons (Fsp3) is 0.826. The highest BCUT2D eigenvalue weighted by Gasteiger charge is 2.76. The van der Waals surface area contributed by atoms with Gasteiger partial charge in [-0.1, -0.05) is 34.6 Å². The third-order valence-electron chi connectivity index (χ3n) is 7.63. The Kier molecular flexibility index (Phi) is 7.23. The Hall–Kier alpha value is -0.983. The van der Waals surface area contributed by atoms with Gasteiger partial charge < -0.3 is 13.9 Å². The number of ether oxygens (including phenoxy) is 2. The van der Waals surface area contributed by atoms with Crippen LogP contribution < -0.4 is 0 Å². The molecule has 6 heteroatoms. The number of carbonyl (C=O) groups excluding carboxylic acids is 2. The molecular formula is C23H40O5Si. The average molecular weight is 425 g/mol. The lowest BCUT2D eigenvalue weighted by Crippen LogP contribution is -2.52. The van der Waals surface area contributed by atoms with Gasteiger partial charge in [0.05, 0.1) is 5.60 Å². The van der Waals surface area contributed by atoms with Crippen molar-refractivity contribution in [2.45, 2.75) is 116 Å². The van der Waals surface area contributed by atoms with E-state index >= 15 is 0 Å². The van der Waals surface area contributed by atoms with Crippen LogP contribution in [0.2, 0.25) is 18.1 Å². The second-order valence-corrected chi connectivity index (χ2v) is 14.5. The van der Waals surface area contributed by atoms with E-state index in [0.29, 0.717) is 6.42 Å². The third-order valence-corrected chi connectivity index (χ3v) is 12.3. The molecule has 1 unspecified atom stereocenters. The number of hydrogen-bond donors (Lipinski definition) is 0. The fourth-order valence-electron chi connectivity index (χ4n) is 5.60. The fourth-order valence-corrected chi connectivity index (χ4v) is 8.48. The largest absolute Gasteiger partial charge is 0.458 e. The molecule has 0 radical (unpaired) electrons. The smallest absolute Gasteiger partial charge is 0.303 e. The maximum Gasteiger partial charge on any atom is 0.303 e. The van der Waals surface area contributed by atoms with Crippen LogP contribution in [0, 0.1) is 5.41 Å². The molecule has 0 aromatic heterocycles. The molecule has 1 heterocycles. The van der Waals surface area contributed by atoms with Gasteiger partial charge in [-0.05, 0) is 55.5 Å². The first-order valence-electron chi connectivity index (χ1n) is 11.1. The number of esters is 1. The minimum absolute atomic E-state index is 0.125. The van der Waals surface area contributed by atoms with Crippen molar-refractivity contribution >= 4 is 20.6 Å². The van der Waals surface area contributed by atoms with Crippen LogP contribution in [-0.4, -0.2) is 44.0 Å². The lowest BCUT2D eigenvalue weighted by molar-refractivity contribution is -0.146. The number of aldehydes is 1. The summed E-state index contributed by atoms with van der Waals surface area (Å²) in [7, 11) is -1.69. The van der Waals surface area contributed by atoms with Crippen LogP contribution in [0.1, 0.15) is 74.7 Å². The molecule has 0 aromatic carbocycles. The number of rotatable bonds is 10. The summed E-state index contributed by atoms with van der Waals surface area (Å²) < 4.78 is 18.9. The molecule has 0 bridgehead atoms. The molecule has 1 saturated heterocycles. The summed E-state index contributed by atoms with van der Waals surface area (Å²) in [5, 5.41) is 0. The van der Waals surface area contributed by atoms with Gasteiger partial charge in [0.2, 0.25) is 0 Å². The standard InChI is InChI=1S/C23H40O5Si/c1-9-29(10-2,11-3)27-19-14-21(6,7)23(22(8,15-19)28-23)16-20(26-18(5)25)17(4)12-13-24/h12-13,19-20H,9-11,14-16H2,1-8H3/b17-12+/t19-,20?,22+,23-/m0/s1. The first-order valence-corrected chi connectivity index (χ1v) is 13.6. The van der Waals surface area contributed by atoms with Crippen LogP contribution in [0.5, 0.6) is 0 Å².